The number of aliphatic imine (C=N–C) groups is 1. The van der Waals surface area contributed by atoms with Crippen molar-refractivity contribution in [2.75, 3.05) is 6.54 Å². The minimum Gasteiger partial charge on any atom is -0.364 e. The van der Waals surface area contributed by atoms with Crippen LogP contribution in [0.2, 0.25) is 0 Å². The Morgan fingerprint density at radius 1 is 0.800 bits per heavy atom. The maximum absolute atomic E-state index is 7.07. The maximum atomic E-state index is 7.07. The molecular formula is C40H47N5. The zero-order valence-corrected chi connectivity index (χ0v) is 26.2. The smallest absolute Gasteiger partial charge is 0.109 e. The number of hydrogen-bond acceptors (Lipinski definition) is 5. The zero-order chi connectivity index (χ0) is 30.4. The average molecular weight is 598 g/mol. The minimum absolute atomic E-state index is 0.0377. The van der Waals surface area contributed by atoms with E-state index in [0.29, 0.717) is 5.92 Å². The summed E-state index contributed by atoms with van der Waals surface area (Å²) in [7, 11) is 0. The molecule has 5 aliphatic rings. The lowest BCUT2D eigenvalue weighted by Crippen LogP contribution is -2.57. The lowest BCUT2D eigenvalue weighted by Gasteiger charge is -2.37. The minimum atomic E-state index is -0.180. The number of hydrogen-bond donors (Lipinski definition) is 4. The molecule has 232 valence electrons. The van der Waals surface area contributed by atoms with Gasteiger partial charge in [-0.25, -0.2) is 10.9 Å². The van der Waals surface area contributed by atoms with Crippen LogP contribution in [0.3, 0.4) is 0 Å². The van der Waals surface area contributed by atoms with Crippen molar-refractivity contribution in [3.8, 4) is 11.1 Å². The number of nitrogens with two attached hydrogens (primary N) is 1. The average Bonchev–Trinajstić information content (AvgIpc) is 3.13. The summed E-state index contributed by atoms with van der Waals surface area (Å²) in [4.78, 5) is 4.69. The first kappa shape index (κ1) is 29.9. The van der Waals surface area contributed by atoms with Crippen molar-refractivity contribution >= 4 is 11.3 Å². The van der Waals surface area contributed by atoms with Crippen molar-refractivity contribution in [3.05, 3.63) is 126 Å². The molecule has 0 aromatic heterocycles. The van der Waals surface area contributed by atoms with Crippen LogP contribution in [0.5, 0.6) is 0 Å². The van der Waals surface area contributed by atoms with E-state index in [9.17, 15) is 0 Å². The predicted octanol–water partition coefficient (Wildman–Crippen LogP) is 7.40. The molecule has 1 fully saturated rings. The summed E-state index contributed by atoms with van der Waals surface area (Å²) in [5.74, 6) is 2.19. The number of benzene rings is 2. The van der Waals surface area contributed by atoms with Crippen LogP contribution in [-0.4, -0.2) is 30.5 Å². The quantitative estimate of drug-likeness (QED) is 0.189. The topological polar surface area (TPSA) is 74.5 Å². The summed E-state index contributed by atoms with van der Waals surface area (Å²) in [6.07, 6.45) is 30.4. The Labute approximate surface area is 268 Å². The fourth-order valence-electron chi connectivity index (χ4n) is 7.73. The summed E-state index contributed by atoms with van der Waals surface area (Å²) < 4.78 is 0. The van der Waals surface area contributed by atoms with E-state index in [4.69, 9.17) is 10.7 Å². The van der Waals surface area contributed by atoms with Crippen molar-refractivity contribution in [3.63, 3.8) is 0 Å². The number of dihydropyridines is 2. The van der Waals surface area contributed by atoms with Crippen molar-refractivity contribution in [1.82, 2.24) is 16.2 Å². The van der Waals surface area contributed by atoms with Gasteiger partial charge in [0.25, 0.3) is 0 Å². The molecule has 2 aromatic rings. The van der Waals surface area contributed by atoms with Crippen LogP contribution < -0.4 is 21.9 Å². The van der Waals surface area contributed by atoms with Gasteiger partial charge in [0.15, 0.2) is 0 Å². The van der Waals surface area contributed by atoms with Gasteiger partial charge in [-0.05, 0) is 115 Å². The summed E-state index contributed by atoms with van der Waals surface area (Å²) in [6, 6.07) is 19.3. The van der Waals surface area contributed by atoms with Crippen LogP contribution >= 0.6 is 0 Å². The fourth-order valence-corrected chi connectivity index (χ4v) is 7.73. The van der Waals surface area contributed by atoms with Gasteiger partial charge in [0, 0.05) is 6.54 Å². The van der Waals surface area contributed by atoms with E-state index >= 15 is 0 Å². The van der Waals surface area contributed by atoms with E-state index < -0.39 is 0 Å². The van der Waals surface area contributed by atoms with Crippen molar-refractivity contribution in [2.24, 2.45) is 28.5 Å². The highest BCUT2D eigenvalue weighted by Gasteiger charge is 2.32. The van der Waals surface area contributed by atoms with Crippen LogP contribution in [0.4, 0.5) is 0 Å². The molecule has 0 spiro atoms. The maximum Gasteiger partial charge on any atom is 0.109 e. The molecule has 0 bridgehead atoms. The van der Waals surface area contributed by atoms with E-state index in [0.717, 1.165) is 36.2 Å². The normalized spacial score (nSPS) is 29.7. The molecule has 0 saturated heterocycles. The van der Waals surface area contributed by atoms with Crippen LogP contribution in [0.25, 0.3) is 16.7 Å². The molecule has 2 heterocycles. The van der Waals surface area contributed by atoms with Gasteiger partial charge in [-0.2, -0.15) is 0 Å². The molecule has 2 aliphatic heterocycles. The second-order valence-electron chi connectivity index (χ2n) is 13.2. The van der Waals surface area contributed by atoms with Crippen LogP contribution in [0.15, 0.2) is 126 Å². The van der Waals surface area contributed by atoms with Crippen LogP contribution in [0, 0.1) is 17.8 Å². The SMILES string of the molecule is NC1C(c2ccc(-c3ccccc3)cc2)=CC(C2CCC(C3C=CCCC3)CC2)=CC1NNC1C=CC=C(C2=NCCC=C2)N1. The molecule has 0 radical (unpaired) electrons. The lowest BCUT2D eigenvalue weighted by molar-refractivity contribution is 0.235. The summed E-state index contributed by atoms with van der Waals surface area (Å²) in [5.41, 5.74) is 22.6. The van der Waals surface area contributed by atoms with Crippen molar-refractivity contribution < 1.29 is 0 Å². The third kappa shape index (κ3) is 7.06. The Kier molecular flexibility index (Phi) is 9.38. The second-order valence-corrected chi connectivity index (χ2v) is 13.2. The fraction of sp³-hybridized carbons (Fsp3) is 0.375. The van der Waals surface area contributed by atoms with Crippen LogP contribution in [0.1, 0.15) is 56.9 Å². The van der Waals surface area contributed by atoms with Crippen molar-refractivity contribution in [1.29, 1.82) is 0 Å². The molecule has 5 heteroatoms. The Hall–Kier alpha value is -3.77. The molecule has 3 aliphatic carbocycles. The highest BCUT2D eigenvalue weighted by molar-refractivity contribution is 6.08. The Bertz CT molecular complexity index is 1530. The molecule has 2 aromatic carbocycles. The zero-order valence-electron chi connectivity index (χ0n) is 26.2. The number of nitrogens with zero attached hydrogens (tertiary/aromatic N) is 1. The molecule has 4 unspecified atom stereocenters. The van der Waals surface area contributed by atoms with E-state index in [1.165, 1.54) is 72.8 Å². The second kappa shape index (κ2) is 14.1. The van der Waals surface area contributed by atoms with Gasteiger partial charge >= 0.3 is 0 Å². The van der Waals surface area contributed by atoms with Gasteiger partial charge in [-0.15, -0.1) is 0 Å². The van der Waals surface area contributed by atoms with E-state index in [1.54, 1.807) is 0 Å². The number of nitrogens with one attached hydrogen (secondary N) is 3. The summed E-state index contributed by atoms with van der Waals surface area (Å²) in [6.45, 7) is 0.843. The first-order chi connectivity index (χ1) is 22.2. The van der Waals surface area contributed by atoms with Crippen LogP contribution in [-0.2, 0) is 0 Å². The van der Waals surface area contributed by atoms with Gasteiger partial charge in [0.2, 0.25) is 0 Å². The standard InChI is InChI=1S/C40H47N5/c41-40-35(33-23-21-31(22-24-33)29-12-5-2-6-13-29)26-34(32-19-17-30(18-20-32)28-10-3-1-4-11-28)27-38(40)44-45-39-16-9-15-37(43-39)36-14-7-8-25-42-36/h2-3,5-7,9-10,12-16,21-24,26-28,30,32,38-40,43-45H,1,4,8,11,17-20,25,41H2. The van der Waals surface area contributed by atoms with E-state index in [-0.39, 0.29) is 18.2 Å². The Morgan fingerprint density at radius 2 is 1.60 bits per heavy atom. The molecular weight excluding hydrogens is 550 g/mol. The Balaban J connectivity index is 1.08. The monoisotopic (exact) mass is 597 g/mol. The molecule has 4 atom stereocenters. The number of allylic oxidation sites excluding steroid dienone is 7. The summed E-state index contributed by atoms with van der Waals surface area (Å²) in [5, 5.41) is 3.59. The van der Waals surface area contributed by atoms with E-state index in [2.05, 4.69) is 125 Å². The van der Waals surface area contributed by atoms with Gasteiger partial charge < -0.3 is 11.1 Å². The van der Waals surface area contributed by atoms with E-state index in [1.807, 2.05) is 0 Å². The highest BCUT2D eigenvalue weighted by atomic mass is 15.4. The first-order valence-corrected chi connectivity index (χ1v) is 17.1. The molecule has 5 nitrogen and oxygen atoms in total. The van der Waals surface area contributed by atoms with Gasteiger partial charge in [-0.3, -0.25) is 4.99 Å². The Morgan fingerprint density at radius 3 is 2.36 bits per heavy atom. The molecule has 1 saturated carbocycles. The summed E-state index contributed by atoms with van der Waals surface area (Å²) >= 11 is 0. The number of hydrazine groups is 1. The third-order valence-electron chi connectivity index (χ3n) is 10.3. The predicted molar refractivity (Wildman–Crippen MR) is 188 cm³/mol. The van der Waals surface area contributed by atoms with Crippen molar-refractivity contribution in [2.45, 2.75) is 69.6 Å². The third-order valence-corrected chi connectivity index (χ3v) is 10.3. The first-order valence-electron chi connectivity index (χ1n) is 17.1. The van der Waals surface area contributed by atoms with Gasteiger partial charge in [0.1, 0.15) is 6.17 Å². The highest BCUT2D eigenvalue weighted by Crippen LogP contribution is 2.42. The molecule has 5 N–H and O–H groups in total. The van der Waals surface area contributed by atoms with Gasteiger partial charge in [-0.1, -0.05) is 91.1 Å². The lowest BCUT2D eigenvalue weighted by atomic mass is 9.70. The molecule has 45 heavy (non-hydrogen) atoms. The number of rotatable bonds is 8. The molecule has 7 rings (SSSR count). The molecule has 0 amide bonds. The largest absolute Gasteiger partial charge is 0.364 e. The van der Waals surface area contributed by atoms with Gasteiger partial charge in [0.05, 0.1) is 23.5 Å².